The highest BCUT2D eigenvalue weighted by molar-refractivity contribution is 7.16. The third-order valence-corrected chi connectivity index (χ3v) is 8.80. The minimum absolute atomic E-state index is 0.0456. The fourth-order valence-electron chi connectivity index (χ4n) is 6.66. The van der Waals surface area contributed by atoms with E-state index in [-0.39, 0.29) is 16.5 Å². The van der Waals surface area contributed by atoms with E-state index >= 15 is 4.39 Å². The minimum atomic E-state index is -1.32. The molecule has 3 aliphatic rings. The molecule has 3 heterocycles. The number of aromatic nitrogens is 1. The van der Waals surface area contributed by atoms with Gasteiger partial charge in [0.25, 0.3) is 0 Å². The lowest BCUT2D eigenvalue weighted by atomic mass is 9.78. The Labute approximate surface area is 187 Å². The molecule has 0 radical (unpaired) electrons. The van der Waals surface area contributed by atoms with E-state index in [9.17, 15) is 14.7 Å². The first kappa shape index (κ1) is 19.9. The van der Waals surface area contributed by atoms with Crippen molar-refractivity contribution in [1.82, 2.24) is 4.40 Å². The van der Waals surface area contributed by atoms with E-state index in [1.807, 2.05) is 0 Å². The smallest absolute Gasteiger partial charge is 0.342 e. The number of carboxylic acid groups (broad SMARTS) is 1. The molecule has 32 heavy (non-hydrogen) atoms. The number of carboxylic acids is 1. The molecule has 0 spiro atoms. The van der Waals surface area contributed by atoms with Crippen LogP contribution < -0.4 is 16.1 Å². The number of aromatic carboxylic acids is 1. The summed E-state index contributed by atoms with van der Waals surface area (Å²) in [6.45, 7) is 1.41. The quantitative estimate of drug-likeness (QED) is 0.593. The lowest BCUT2D eigenvalue weighted by Gasteiger charge is -2.31. The maximum absolute atomic E-state index is 15.6. The molecule has 7 nitrogen and oxygen atoms in total. The highest BCUT2D eigenvalue weighted by Gasteiger charge is 2.59. The number of halogens is 1. The van der Waals surface area contributed by atoms with E-state index in [2.05, 4.69) is 9.89 Å². The average molecular weight is 455 g/mol. The van der Waals surface area contributed by atoms with Gasteiger partial charge in [-0.15, -0.1) is 11.3 Å². The number of thiazole rings is 1. The van der Waals surface area contributed by atoms with Gasteiger partial charge in [-0.25, -0.2) is 9.18 Å². The number of carbonyl (C=O) groups is 1. The third kappa shape index (κ3) is 2.46. The van der Waals surface area contributed by atoms with Gasteiger partial charge in [-0.3, -0.25) is 9.79 Å². The molecule has 166 valence electrons. The van der Waals surface area contributed by atoms with Gasteiger partial charge in [0, 0.05) is 49.0 Å². The lowest BCUT2D eigenvalue weighted by Crippen LogP contribution is -2.45. The van der Waals surface area contributed by atoms with Crippen molar-refractivity contribution in [3.8, 4) is 0 Å². The Kier molecular flexibility index (Phi) is 4.11. The van der Waals surface area contributed by atoms with Crippen LogP contribution in [0.5, 0.6) is 0 Å². The number of hydrogen-bond donors (Lipinski definition) is 2. The zero-order chi connectivity index (χ0) is 22.4. The number of fused-ring (bicyclic) bond motifs is 8. The van der Waals surface area contributed by atoms with Crippen molar-refractivity contribution in [2.45, 2.75) is 24.8 Å². The number of aliphatic imine (C=N–C) groups is 1. The predicted octanol–water partition coefficient (Wildman–Crippen LogP) is 2.96. The van der Waals surface area contributed by atoms with E-state index in [1.54, 1.807) is 29.2 Å². The summed E-state index contributed by atoms with van der Waals surface area (Å²) in [6.07, 6.45) is 6.52. The Bertz CT molecular complexity index is 1400. The van der Waals surface area contributed by atoms with Crippen molar-refractivity contribution in [3.05, 3.63) is 44.8 Å². The monoisotopic (exact) mass is 454 g/mol. The number of pyridine rings is 1. The van der Waals surface area contributed by atoms with E-state index < -0.39 is 17.2 Å². The van der Waals surface area contributed by atoms with Crippen molar-refractivity contribution in [3.63, 3.8) is 0 Å². The van der Waals surface area contributed by atoms with Crippen LogP contribution in [0, 0.1) is 23.6 Å². The standard InChI is InChI=1S/C23H23FN4O3S/c1-26-8-13-18-12(20(29)17(22(30)31)21-28(18)4-5-32-21)6-16(24)19(13)27-9-14-11-2-3-23(25,7-11)15(14)10-27/h4-6,8,11,14-15H,2-3,7,9-10,25H2,1H3,(H,30,31). The average Bonchev–Trinajstić information content (AvgIpc) is 3.49. The fraction of sp³-hybridized carbons (Fsp3) is 0.435. The summed E-state index contributed by atoms with van der Waals surface area (Å²) in [4.78, 5) is 31.5. The molecule has 4 unspecified atom stereocenters. The lowest BCUT2D eigenvalue weighted by molar-refractivity contribution is 0.0697. The van der Waals surface area contributed by atoms with Crippen LogP contribution in [0.3, 0.4) is 0 Å². The molecule has 3 N–H and O–H groups in total. The summed E-state index contributed by atoms with van der Waals surface area (Å²) >= 11 is 1.18. The Morgan fingerprint density at radius 1 is 1.44 bits per heavy atom. The van der Waals surface area contributed by atoms with Gasteiger partial charge in [0.05, 0.1) is 16.6 Å². The second kappa shape index (κ2) is 6.62. The molecule has 3 aromatic rings. The number of hydrogen-bond acceptors (Lipinski definition) is 6. The Morgan fingerprint density at radius 2 is 2.25 bits per heavy atom. The maximum atomic E-state index is 15.6. The van der Waals surface area contributed by atoms with Crippen LogP contribution in [0.1, 0.15) is 35.2 Å². The fourth-order valence-corrected chi connectivity index (χ4v) is 7.53. The zero-order valence-corrected chi connectivity index (χ0v) is 18.4. The molecule has 0 amide bonds. The maximum Gasteiger partial charge on any atom is 0.342 e. The summed E-state index contributed by atoms with van der Waals surface area (Å²) in [5.74, 6) is -0.474. The van der Waals surface area contributed by atoms with Gasteiger partial charge in [0.15, 0.2) is 0 Å². The zero-order valence-electron chi connectivity index (χ0n) is 17.5. The largest absolute Gasteiger partial charge is 0.477 e. The second-order valence-corrected chi connectivity index (χ2v) is 10.3. The molecule has 2 bridgehead atoms. The molecular formula is C23H23FN4O3S. The molecule has 6 rings (SSSR count). The number of nitrogens with zero attached hydrogens (tertiary/aromatic N) is 3. The summed E-state index contributed by atoms with van der Waals surface area (Å²) in [7, 11) is 1.60. The van der Waals surface area contributed by atoms with Crippen LogP contribution >= 0.6 is 11.3 Å². The first-order valence-electron chi connectivity index (χ1n) is 10.8. The Morgan fingerprint density at radius 3 is 2.97 bits per heavy atom. The molecule has 2 aliphatic carbocycles. The van der Waals surface area contributed by atoms with Gasteiger partial charge in [-0.05, 0) is 43.1 Å². The van der Waals surface area contributed by atoms with E-state index in [1.165, 1.54) is 17.4 Å². The summed E-state index contributed by atoms with van der Waals surface area (Å²) in [5.41, 5.74) is 6.96. The predicted molar refractivity (Wildman–Crippen MR) is 123 cm³/mol. The molecule has 1 aromatic carbocycles. The first-order valence-corrected chi connectivity index (χ1v) is 11.7. The molecule has 1 saturated heterocycles. The molecule has 3 fully saturated rings. The topological polar surface area (TPSA) is 100 Å². The third-order valence-electron chi connectivity index (χ3n) is 7.92. The highest BCUT2D eigenvalue weighted by atomic mass is 32.1. The van der Waals surface area contributed by atoms with Gasteiger partial charge < -0.3 is 20.1 Å². The van der Waals surface area contributed by atoms with E-state index in [0.29, 0.717) is 45.9 Å². The highest BCUT2D eigenvalue weighted by Crippen LogP contribution is 2.57. The molecule has 4 atom stereocenters. The van der Waals surface area contributed by atoms with Crippen LogP contribution in [0.25, 0.3) is 15.7 Å². The van der Waals surface area contributed by atoms with Gasteiger partial charge in [-0.2, -0.15) is 0 Å². The number of benzene rings is 1. The SMILES string of the molecule is CN=Cc1c(N2CC3C4CCC(N)(C4)C3C2)c(F)cc2c(=O)c(C(=O)O)c3sccn3c12. The van der Waals surface area contributed by atoms with Gasteiger partial charge in [-0.1, -0.05) is 0 Å². The normalized spacial score (nSPS) is 29.1. The summed E-state index contributed by atoms with van der Waals surface area (Å²) in [6, 6.07) is 1.19. The molecule has 9 heteroatoms. The van der Waals surface area contributed by atoms with Gasteiger partial charge in [0.2, 0.25) is 5.43 Å². The number of anilines is 1. The van der Waals surface area contributed by atoms with E-state index in [4.69, 9.17) is 5.73 Å². The number of rotatable bonds is 3. The number of nitrogens with two attached hydrogens (primary N) is 1. The van der Waals surface area contributed by atoms with Crippen LogP contribution in [0.4, 0.5) is 10.1 Å². The molecule has 2 saturated carbocycles. The van der Waals surface area contributed by atoms with E-state index in [0.717, 1.165) is 25.8 Å². The Balaban J connectivity index is 1.61. The van der Waals surface area contributed by atoms with Crippen LogP contribution in [-0.2, 0) is 0 Å². The van der Waals surface area contributed by atoms with Crippen LogP contribution in [0.15, 0.2) is 27.4 Å². The minimum Gasteiger partial charge on any atom is -0.477 e. The summed E-state index contributed by atoms with van der Waals surface area (Å²) in [5, 5.41) is 11.4. The Hall–Kier alpha value is -2.78. The van der Waals surface area contributed by atoms with Crippen LogP contribution in [-0.4, -0.2) is 47.4 Å². The van der Waals surface area contributed by atoms with Crippen molar-refractivity contribution in [2.24, 2.45) is 28.5 Å². The van der Waals surface area contributed by atoms with Crippen molar-refractivity contribution >= 4 is 44.9 Å². The van der Waals surface area contributed by atoms with Crippen molar-refractivity contribution in [1.29, 1.82) is 0 Å². The first-order chi connectivity index (χ1) is 15.3. The van der Waals surface area contributed by atoms with Gasteiger partial charge >= 0.3 is 5.97 Å². The molecule has 2 aromatic heterocycles. The second-order valence-electron chi connectivity index (χ2n) is 9.40. The van der Waals surface area contributed by atoms with Crippen molar-refractivity contribution < 1.29 is 14.3 Å². The summed E-state index contributed by atoms with van der Waals surface area (Å²) < 4.78 is 17.3. The van der Waals surface area contributed by atoms with Crippen molar-refractivity contribution in [2.75, 3.05) is 25.0 Å². The molecule has 1 aliphatic heterocycles. The molecular weight excluding hydrogens is 431 g/mol. The van der Waals surface area contributed by atoms with Gasteiger partial charge in [0.1, 0.15) is 16.2 Å². The van der Waals surface area contributed by atoms with Crippen LogP contribution in [0.2, 0.25) is 0 Å².